The fourth-order valence-corrected chi connectivity index (χ4v) is 4.02. The van der Waals surface area contributed by atoms with Crippen LogP contribution in [0.1, 0.15) is 60.8 Å². The molecule has 27 heavy (non-hydrogen) atoms. The van der Waals surface area contributed by atoms with Gasteiger partial charge in [-0.3, -0.25) is 4.79 Å². The van der Waals surface area contributed by atoms with Gasteiger partial charge in [-0.2, -0.15) is 0 Å². The molecule has 2 nitrogen and oxygen atoms in total. The zero-order chi connectivity index (χ0) is 20.1. The third-order valence-corrected chi connectivity index (χ3v) is 5.64. The Labute approximate surface area is 165 Å². The van der Waals surface area contributed by atoms with E-state index in [0.717, 1.165) is 23.9 Å². The third kappa shape index (κ3) is 5.52. The summed E-state index contributed by atoms with van der Waals surface area (Å²) in [5.41, 5.74) is 4.72. The second kappa shape index (κ2) is 8.84. The number of carbonyl (C=O) groups excluding carboxylic acids is 1. The van der Waals surface area contributed by atoms with Crippen molar-refractivity contribution < 1.29 is 9.53 Å². The van der Waals surface area contributed by atoms with E-state index in [1.54, 1.807) is 13.0 Å². The summed E-state index contributed by atoms with van der Waals surface area (Å²) in [5, 5.41) is 0. The van der Waals surface area contributed by atoms with Gasteiger partial charge in [0.1, 0.15) is 6.29 Å². The molecule has 1 aliphatic carbocycles. The van der Waals surface area contributed by atoms with Gasteiger partial charge in [0.05, 0.1) is 11.7 Å². The van der Waals surface area contributed by atoms with Crippen LogP contribution < -0.4 is 0 Å². The van der Waals surface area contributed by atoms with Crippen LogP contribution in [-0.2, 0) is 9.53 Å². The third-order valence-electron chi connectivity index (χ3n) is 5.64. The monoisotopic (exact) mass is 366 g/mol. The van der Waals surface area contributed by atoms with Gasteiger partial charge < -0.3 is 4.74 Å². The fraction of sp³-hybridized carbons (Fsp3) is 0.480. The molecule has 0 aromatic heterocycles. The molecule has 146 valence electrons. The number of hydrogen-bond donors (Lipinski definition) is 0. The molecule has 2 rings (SSSR count). The lowest BCUT2D eigenvalue weighted by molar-refractivity contribution is -0.104. The van der Waals surface area contributed by atoms with Gasteiger partial charge in [0.15, 0.2) is 0 Å². The Morgan fingerprint density at radius 1 is 1.00 bits per heavy atom. The van der Waals surface area contributed by atoms with E-state index in [9.17, 15) is 4.79 Å². The summed E-state index contributed by atoms with van der Waals surface area (Å²) in [6.45, 7) is 12.9. The molecule has 0 spiro atoms. The standard InChI is InChI=1S/C25H34O2/c1-19(11-7-8-12-20(2)18-26)13-9-14-21(3)22-17-23-24(4,5)15-10-16-25(23,6)27-22/h7-9,11-14,17-18,22H,10,15-16H2,1-6H3/b8-7+,13-9+,19-11+,20-12+,21-14+. The first kappa shape index (κ1) is 21.4. The average molecular weight is 367 g/mol. The second-order valence-corrected chi connectivity index (χ2v) is 8.68. The molecule has 2 aliphatic rings. The minimum absolute atomic E-state index is 0.0765. The molecule has 0 bridgehead atoms. The summed E-state index contributed by atoms with van der Waals surface area (Å²) in [7, 11) is 0. The summed E-state index contributed by atoms with van der Waals surface area (Å²) in [6.07, 6.45) is 20.8. The van der Waals surface area contributed by atoms with Crippen molar-refractivity contribution in [3.63, 3.8) is 0 Å². The minimum Gasteiger partial charge on any atom is -0.359 e. The maximum Gasteiger partial charge on any atom is 0.145 e. The van der Waals surface area contributed by atoms with Gasteiger partial charge in [-0.25, -0.2) is 0 Å². The van der Waals surface area contributed by atoms with Crippen LogP contribution in [-0.4, -0.2) is 18.0 Å². The summed E-state index contributed by atoms with van der Waals surface area (Å²) < 4.78 is 6.46. The maximum absolute atomic E-state index is 10.5. The van der Waals surface area contributed by atoms with Crippen LogP contribution in [0, 0.1) is 5.41 Å². The Bertz CT molecular complexity index is 740. The van der Waals surface area contributed by atoms with E-state index >= 15 is 0 Å². The minimum atomic E-state index is -0.0982. The molecule has 0 saturated heterocycles. The summed E-state index contributed by atoms with van der Waals surface area (Å²) in [4.78, 5) is 10.5. The Morgan fingerprint density at radius 2 is 1.67 bits per heavy atom. The average Bonchev–Trinajstić information content (AvgIpc) is 2.97. The molecule has 0 N–H and O–H groups in total. The van der Waals surface area contributed by atoms with Crippen LogP contribution in [0.15, 0.2) is 70.9 Å². The van der Waals surface area contributed by atoms with E-state index in [1.165, 1.54) is 24.0 Å². The van der Waals surface area contributed by atoms with Crippen LogP contribution >= 0.6 is 0 Å². The normalized spacial score (nSPS) is 29.3. The van der Waals surface area contributed by atoms with Crippen molar-refractivity contribution in [1.82, 2.24) is 0 Å². The summed E-state index contributed by atoms with van der Waals surface area (Å²) in [6, 6.07) is 0. The van der Waals surface area contributed by atoms with Crippen molar-refractivity contribution in [3.05, 3.63) is 70.9 Å². The molecule has 2 atom stereocenters. The second-order valence-electron chi connectivity index (χ2n) is 8.68. The highest BCUT2D eigenvalue weighted by Gasteiger charge is 2.47. The molecule has 0 aromatic carbocycles. The molecule has 1 saturated carbocycles. The summed E-state index contributed by atoms with van der Waals surface area (Å²) in [5.74, 6) is 0. The Kier molecular flexibility index (Phi) is 7.00. The number of fused-ring (bicyclic) bond motifs is 1. The highest BCUT2D eigenvalue weighted by atomic mass is 16.5. The Balaban J connectivity index is 2.03. The SMILES string of the molecule is C\C(C=O)=C/C=C/C=C(C)/C=C/C=C(\C)C1C=C2C(C)(C)CCCC2(C)O1. The van der Waals surface area contributed by atoms with Gasteiger partial charge in [-0.05, 0) is 75.2 Å². The molecular formula is C25H34O2. The van der Waals surface area contributed by atoms with Crippen molar-refractivity contribution in [2.24, 2.45) is 5.41 Å². The van der Waals surface area contributed by atoms with Crippen LogP contribution in [0.4, 0.5) is 0 Å². The first-order valence-electron chi connectivity index (χ1n) is 9.90. The molecule has 1 fully saturated rings. The zero-order valence-electron chi connectivity index (χ0n) is 17.7. The maximum atomic E-state index is 10.5. The lowest BCUT2D eigenvalue weighted by atomic mass is 9.67. The molecule has 0 aromatic rings. The predicted octanol–water partition coefficient (Wildman–Crippen LogP) is 6.43. The first-order chi connectivity index (χ1) is 12.7. The zero-order valence-corrected chi connectivity index (χ0v) is 17.7. The van der Waals surface area contributed by atoms with Crippen LogP contribution in [0.3, 0.4) is 0 Å². The quantitative estimate of drug-likeness (QED) is 0.234. The molecule has 0 amide bonds. The smallest absolute Gasteiger partial charge is 0.145 e. The highest BCUT2D eigenvalue weighted by molar-refractivity contribution is 5.72. The number of rotatable bonds is 6. The molecule has 1 aliphatic heterocycles. The van der Waals surface area contributed by atoms with Crippen LogP contribution in [0.2, 0.25) is 0 Å². The number of aldehydes is 1. The Morgan fingerprint density at radius 3 is 2.30 bits per heavy atom. The lowest BCUT2D eigenvalue weighted by Gasteiger charge is -2.42. The van der Waals surface area contributed by atoms with Crippen LogP contribution in [0.5, 0.6) is 0 Å². The van der Waals surface area contributed by atoms with E-state index in [4.69, 9.17) is 4.74 Å². The largest absolute Gasteiger partial charge is 0.359 e. The van der Waals surface area contributed by atoms with Gasteiger partial charge in [0.25, 0.3) is 0 Å². The van der Waals surface area contributed by atoms with Crippen LogP contribution in [0.25, 0.3) is 0 Å². The molecule has 2 unspecified atom stereocenters. The van der Waals surface area contributed by atoms with Crippen molar-refractivity contribution in [3.8, 4) is 0 Å². The van der Waals surface area contributed by atoms with Crippen molar-refractivity contribution in [1.29, 1.82) is 0 Å². The molecule has 2 heteroatoms. The fourth-order valence-electron chi connectivity index (χ4n) is 4.02. The van der Waals surface area contributed by atoms with Gasteiger partial charge in [0, 0.05) is 0 Å². The van der Waals surface area contributed by atoms with E-state index in [2.05, 4.69) is 58.9 Å². The number of ether oxygens (including phenoxy) is 1. The Hall–Kier alpha value is -1.93. The van der Waals surface area contributed by atoms with Crippen molar-refractivity contribution in [2.45, 2.75) is 72.5 Å². The van der Waals surface area contributed by atoms with Crippen molar-refractivity contribution >= 4 is 6.29 Å². The van der Waals surface area contributed by atoms with Gasteiger partial charge in [-0.15, -0.1) is 0 Å². The van der Waals surface area contributed by atoms with E-state index < -0.39 is 0 Å². The van der Waals surface area contributed by atoms with Gasteiger partial charge in [-0.1, -0.05) is 62.0 Å². The topological polar surface area (TPSA) is 26.3 Å². The first-order valence-corrected chi connectivity index (χ1v) is 9.90. The highest BCUT2D eigenvalue weighted by Crippen LogP contribution is 2.51. The number of hydrogen-bond acceptors (Lipinski definition) is 2. The van der Waals surface area contributed by atoms with Crippen molar-refractivity contribution in [2.75, 3.05) is 0 Å². The molecule has 0 radical (unpaired) electrons. The lowest BCUT2D eigenvalue weighted by Crippen LogP contribution is -2.39. The van der Waals surface area contributed by atoms with E-state index in [0.29, 0.717) is 0 Å². The molecular weight excluding hydrogens is 332 g/mol. The van der Waals surface area contributed by atoms with Gasteiger partial charge in [0.2, 0.25) is 0 Å². The van der Waals surface area contributed by atoms with E-state index in [-0.39, 0.29) is 17.1 Å². The number of allylic oxidation sites excluding steroid dienone is 9. The summed E-state index contributed by atoms with van der Waals surface area (Å²) >= 11 is 0. The van der Waals surface area contributed by atoms with Gasteiger partial charge >= 0.3 is 0 Å². The molecule has 1 heterocycles. The number of carbonyl (C=O) groups is 1. The van der Waals surface area contributed by atoms with E-state index in [1.807, 2.05) is 18.2 Å². The predicted molar refractivity (Wildman–Crippen MR) is 115 cm³/mol.